The maximum Gasteiger partial charge on any atom is 0.306 e. The third-order valence-electron chi connectivity index (χ3n) is 5.39. The first-order valence-electron chi connectivity index (χ1n) is 8.40. The van der Waals surface area contributed by atoms with E-state index in [2.05, 4.69) is 16.7 Å². The van der Waals surface area contributed by atoms with Crippen LogP contribution in [0.1, 0.15) is 24.5 Å². The van der Waals surface area contributed by atoms with Crippen molar-refractivity contribution in [3.8, 4) is 11.3 Å². The molecule has 2 aromatic carbocycles. The molecule has 4 heteroatoms. The second-order valence-corrected chi connectivity index (χ2v) is 7.05. The van der Waals surface area contributed by atoms with Gasteiger partial charge in [0.1, 0.15) is 5.82 Å². The van der Waals surface area contributed by atoms with Crippen LogP contribution in [0.5, 0.6) is 0 Å². The van der Waals surface area contributed by atoms with Gasteiger partial charge in [0.25, 0.3) is 0 Å². The standard InChI is InChI=1S/C21H20FNO2/c1-13-14-7-4-5-10-17(14)23-12-21(2,11-18(24)25-3)15-8-6-9-16(22)19(15)20(13)23/h4-10H,11-12H2,1-3H3. The lowest BCUT2D eigenvalue weighted by molar-refractivity contribution is -0.142. The molecule has 0 saturated heterocycles. The first-order valence-corrected chi connectivity index (χ1v) is 8.40. The lowest BCUT2D eigenvalue weighted by Crippen LogP contribution is -2.35. The average Bonchev–Trinajstić information content (AvgIpc) is 2.88. The zero-order valence-corrected chi connectivity index (χ0v) is 14.6. The maximum atomic E-state index is 14.9. The molecule has 0 saturated carbocycles. The van der Waals surface area contributed by atoms with E-state index in [1.807, 2.05) is 32.0 Å². The van der Waals surface area contributed by atoms with Crippen LogP contribution in [0.3, 0.4) is 0 Å². The smallest absolute Gasteiger partial charge is 0.306 e. The zero-order chi connectivity index (χ0) is 17.8. The van der Waals surface area contributed by atoms with Gasteiger partial charge in [-0.25, -0.2) is 4.39 Å². The second kappa shape index (κ2) is 5.45. The summed E-state index contributed by atoms with van der Waals surface area (Å²) in [5.74, 6) is -0.533. The molecule has 0 spiro atoms. The third-order valence-corrected chi connectivity index (χ3v) is 5.39. The fraction of sp³-hybridized carbons (Fsp3) is 0.286. The molecule has 4 rings (SSSR count). The molecule has 2 heterocycles. The highest BCUT2D eigenvalue weighted by molar-refractivity contribution is 5.93. The van der Waals surface area contributed by atoms with E-state index in [0.29, 0.717) is 12.1 Å². The van der Waals surface area contributed by atoms with Gasteiger partial charge in [-0.1, -0.05) is 37.3 Å². The molecule has 1 unspecified atom stereocenters. The summed E-state index contributed by atoms with van der Waals surface area (Å²) >= 11 is 0. The van der Waals surface area contributed by atoms with Crippen molar-refractivity contribution in [3.63, 3.8) is 0 Å². The molecule has 25 heavy (non-hydrogen) atoms. The number of halogens is 1. The highest BCUT2D eigenvalue weighted by Gasteiger charge is 2.40. The fourth-order valence-corrected chi connectivity index (χ4v) is 4.21. The van der Waals surface area contributed by atoms with E-state index in [0.717, 1.165) is 27.7 Å². The largest absolute Gasteiger partial charge is 0.469 e. The molecule has 1 aliphatic heterocycles. The van der Waals surface area contributed by atoms with E-state index in [1.165, 1.54) is 13.2 Å². The summed E-state index contributed by atoms with van der Waals surface area (Å²) in [6.45, 7) is 4.66. The molecule has 1 aromatic heterocycles. The lowest BCUT2D eigenvalue weighted by Gasteiger charge is -2.37. The van der Waals surface area contributed by atoms with Gasteiger partial charge < -0.3 is 9.30 Å². The van der Waals surface area contributed by atoms with Crippen molar-refractivity contribution >= 4 is 16.9 Å². The number of aromatic nitrogens is 1. The SMILES string of the molecule is COC(=O)CC1(C)Cn2c(c(C)c3ccccc32)-c2c(F)cccc21. The number of aryl methyl sites for hydroxylation is 1. The normalized spacial score (nSPS) is 18.7. The average molecular weight is 337 g/mol. The van der Waals surface area contributed by atoms with Gasteiger partial charge in [0.05, 0.1) is 19.2 Å². The molecule has 3 nitrogen and oxygen atoms in total. The second-order valence-electron chi connectivity index (χ2n) is 7.05. The van der Waals surface area contributed by atoms with Gasteiger partial charge >= 0.3 is 5.97 Å². The topological polar surface area (TPSA) is 31.2 Å². The third kappa shape index (κ3) is 2.20. The molecule has 0 fully saturated rings. The van der Waals surface area contributed by atoms with Gasteiger partial charge in [-0.15, -0.1) is 0 Å². The van der Waals surface area contributed by atoms with Crippen LogP contribution < -0.4 is 0 Å². The molecule has 1 aliphatic rings. The Kier molecular flexibility index (Phi) is 3.46. The van der Waals surface area contributed by atoms with Crippen LogP contribution in [0, 0.1) is 12.7 Å². The van der Waals surface area contributed by atoms with E-state index in [9.17, 15) is 9.18 Å². The number of benzene rings is 2. The minimum atomic E-state index is -0.522. The summed E-state index contributed by atoms with van der Waals surface area (Å²) in [6.07, 6.45) is 0.213. The Bertz CT molecular complexity index is 1000. The Morgan fingerprint density at radius 3 is 2.76 bits per heavy atom. The van der Waals surface area contributed by atoms with Gasteiger partial charge in [-0.2, -0.15) is 0 Å². The Balaban J connectivity index is 2.06. The Morgan fingerprint density at radius 1 is 1.24 bits per heavy atom. The number of carbonyl (C=O) groups excluding carboxylic acids is 1. The Morgan fingerprint density at radius 2 is 2.00 bits per heavy atom. The number of methoxy groups -OCH3 is 1. The quantitative estimate of drug-likeness (QED) is 0.641. The maximum absolute atomic E-state index is 14.9. The van der Waals surface area contributed by atoms with Crippen LogP contribution in [-0.2, 0) is 21.5 Å². The summed E-state index contributed by atoms with van der Waals surface area (Å²) < 4.78 is 21.9. The van der Waals surface area contributed by atoms with E-state index >= 15 is 0 Å². The van der Waals surface area contributed by atoms with Crippen molar-refractivity contribution in [1.29, 1.82) is 0 Å². The van der Waals surface area contributed by atoms with Crippen molar-refractivity contribution in [2.24, 2.45) is 0 Å². The van der Waals surface area contributed by atoms with Crippen molar-refractivity contribution in [2.75, 3.05) is 7.11 Å². The van der Waals surface area contributed by atoms with Crippen molar-refractivity contribution in [3.05, 3.63) is 59.4 Å². The van der Waals surface area contributed by atoms with Gasteiger partial charge in [0.2, 0.25) is 0 Å². The van der Waals surface area contributed by atoms with Gasteiger partial charge in [-0.05, 0) is 30.2 Å². The first kappa shape index (κ1) is 15.9. The molecule has 0 aliphatic carbocycles. The molecule has 0 bridgehead atoms. The Labute approximate surface area is 146 Å². The van der Waals surface area contributed by atoms with Crippen molar-refractivity contribution in [2.45, 2.75) is 32.2 Å². The highest BCUT2D eigenvalue weighted by Crippen LogP contribution is 2.47. The van der Waals surface area contributed by atoms with Gasteiger partial charge in [-0.3, -0.25) is 4.79 Å². The lowest BCUT2D eigenvalue weighted by atomic mass is 9.74. The summed E-state index contributed by atoms with van der Waals surface area (Å²) in [5.41, 5.74) is 4.01. The van der Waals surface area contributed by atoms with Crippen molar-refractivity contribution in [1.82, 2.24) is 4.57 Å². The van der Waals surface area contributed by atoms with E-state index in [-0.39, 0.29) is 18.2 Å². The predicted molar refractivity (Wildman–Crippen MR) is 96.1 cm³/mol. The number of nitrogens with zero attached hydrogens (tertiary/aromatic N) is 1. The molecule has 128 valence electrons. The molecule has 0 amide bonds. The summed E-state index contributed by atoms with van der Waals surface area (Å²) in [4.78, 5) is 12.0. The summed E-state index contributed by atoms with van der Waals surface area (Å²) in [7, 11) is 1.39. The van der Waals surface area contributed by atoms with Crippen LogP contribution in [-0.4, -0.2) is 17.6 Å². The molecular formula is C21H20FNO2. The summed E-state index contributed by atoms with van der Waals surface area (Å²) in [5, 5.41) is 1.12. The molecular weight excluding hydrogens is 317 g/mol. The van der Waals surface area contributed by atoms with Crippen molar-refractivity contribution < 1.29 is 13.9 Å². The molecule has 3 aromatic rings. The van der Waals surface area contributed by atoms with Crippen LogP contribution in [0.4, 0.5) is 4.39 Å². The van der Waals surface area contributed by atoms with Crippen LogP contribution in [0.15, 0.2) is 42.5 Å². The van der Waals surface area contributed by atoms with Gasteiger partial charge in [0, 0.05) is 28.4 Å². The molecule has 0 radical (unpaired) electrons. The molecule has 0 N–H and O–H groups in total. The molecule has 1 atom stereocenters. The number of para-hydroxylation sites is 1. The zero-order valence-electron chi connectivity index (χ0n) is 14.6. The minimum Gasteiger partial charge on any atom is -0.469 e. The number of esters is 1. The number of hydrogen-bond acceptors (Lipinski definition) is 2. The first-order chi connectivity index (χ1) is 12.0. The van der Waals surface area contributed by atoms with Gasteiger partial charge in [0.15, 0.2) is 0 Å². The van der Waals surface area contributed by atoms with E-state index in [1.54, 1.807) is 6.07 Å². The number of hydrogen-bond donors (Lipinski definition) is 0. The van der Waals surface area contributed by atoms with E-state index in [4.69, 9.17) is 4.74 Å². The van der Waals surface area contributed by atoms with E-state index < -0.39 is 5.41 Å². The Hall–Kier alpha value is -2.62. The minimum absolute atomic E-state index is 0.213. The number of fused-ring (bicyclic) bond motifs is 5. The monoisotopic (exact) mass is 337 g/mol. The number of carbonyl (C=O) groups is 1. The number of rotatable bonds is 2. The number of ether oxygens (including phenoxy) is 1. The highest BCUT2D eigenvalue weighted by atomic mass is 19.1. The van der Waals surface area contributed by atoms with Crippen LogP contribution in [0.2, 0.25) is 0 Å². The van der Waals surface area contributed by atoms with Crippen LogP contribution in [0.25, 0.3) is 22.2 Å². The predicted octanol–water partition coefficient (Wildman–Crippen LogP) is 4.59. The van der Waals surface area contributed by atoms with Crippen LogP contribution >= 0.6 is 0 Å². The summed E-state index contributed by atoms with van der Waals surface area (Å²) in [6, 6.07) is 13.2. The fourth-order valence-electron chi connectivity index (χ4n) is 4.21.